The van der Waals surface area contributed by atoms with Crippen molar-refractivity contribution in [2.45, 2.75) is 18.9 Å². The molecule has 2 rings (SSSR count). The third-order valence-electron chi connectivity index (χ3n) is 2.31. The SMILES string of the molecule is O=C(CNc1ccc(Br)cc1F)NC1CC1. The molecular weight excluding hydrogens is 275 g/mol. The number of carbonyl (C=O) groups is 1. The highest BCUT2D eigenvalue weighted by Gasteiger charge is 2.22. The molecule has 0 spiro atoms. The zero-order chi connectivity index (χ0) is 11.5. The fourth-order valence-corrected chi connectivity index (χ4v) is 1.65. The monoisotopic (exact) mass is 286 g/mol. The molecule has 86 valence electrons. The van der Waals surface area contributed by atoms with Crippen LogP contribution >= 0.6 is 15.9 Å². The Hall–Kier alpha value is -1.10. The normalized spacial score (nSPS) is 14.6. The van der Waals surface area contributed by atoms with E-state index in [0.717, 1.165) is 12.8 Å². The molecule has 0 heterocycles. The van der Waals surface area contributed by atoms with Gasteiger partial charge in [-0.15, -0.1) is 0 Å². The van der Waals surface area contributed by atoms with Crippen molar-refractivity contribution in [3.05, 3.63) is 28.5 Å². The number of hydrogen-bond acceptors (Lipinski definition) is 2. The molecule has 1 saturated carbocycles. The lowest BCUT2D eigenvalue weighted by Gasteiger charge is -2.07. The number of carbonyl (C=O) groups excluding carboxylic acids is 1. The quantitative estimate of drug-likeness (QED) is 0.892. The van der Waals surface area contributed by atoms with Gasteiger partial charge in [0, 0.05) is 10.5 Å². The first-order chi connectivity index (χ1) is 7.65. The first-order valence-electron chi connectivity index (χ1n) is 5.13. The molecular formula is C11H12BrFN2O. The summed E-state index contributed by atoms with van der Waals surface area (Å²) in [5, 5.41) is 5.59. The zero-order valence-corrected chi connectivity index (χ0v) is 10.2. The number of benzene rings is 1. The zero-order valence-electron chi connectivity index (χ0n) is 8.59. The fraction of sp³-hybridized carbons (Fsp3) is 0.364. The minimum absolute atomic E-state index is 0.0928. The summed E-state index contributed by atoms with van der Waals surface area (Å²) in [7, 11) is 0. The van der Waals surface area contributed by atoms with E-state index in [4.69, 9.17) is 0 Å². The van der Waals surface area contributed by atoms with Crippen molar-refractivity contribution in [2.75, 3.05) is 11.9 Å². The highest BCUT2D eigenvalue weighted by Crippen LogP contribution is 2.20. The van der Waals surface area contributed by atoms with E-state index in [-0.39, 0.29) is 18.3 Å². The molecule has 1 aliphatic carbocycles. The predicted octanol–water partition coefficient (Wildman–Crippen LogP) is 2.28. The highest BCUT2D eigenvalue weighted by molar-refractivity contribution is 9.10. The Kier molecular flexibility index (Phi) is 3.43. The van der Waals surface area contributed by atoms with E-state index in [1.165, 1.54) is 6.07 Å². The van der Waals surface area contributed by atoms with Gasteiger partial charge in [0.15, 0.2) is 0 Å². The van der Waals surface area contributed by atoms with Crippen LogP contribution in [0.3, 0.4) is 0 Å². The molecule has 1 aromatic rings. The van der Waals surface area contributed by atoms with E-state index < -0.39 is 0 Å². The third kappa shape index (κ3) is 3.20. The minimum Gasteiger partial charge on any atom is -0.374 e. The summed E-state index contributed by atoms with van der Waals surface area (Å²) in [6.07, 6.45) is 2.11. The van der Waals surface area contributed by atoms with Gasteiger partial charge in [0.2, 0.25) is 5.91 Å². The van der Waals surface area contributed by atoms with Gasteiger partial charge in [-0.2, -0.15) is 0 Å². The summed E-state index contributed by atoms with van der Waals surface area (Å²) in [6.45, 7) is 0.106. The van der Waals surface area contributed by atoms with Crippen LogP contribution in [0.5, 0.6) is 0 Å². The average molecular weight is 287 g/mol. The molecule has 0 aliphatic heterocycles. The summed E-state index contributed by atoms with van der Waals surface area (Å²) in [5.41, 5.74) is 0.342. The van der Waals surface area contributed by atoms with E-state index >= 15 is 0 Å². The minimum atomic E-state index is -0.367. The van der Waals surface area contributed by atoms with Gasteiger partial charge in [0.25, 0.3) is 0 Å². The Morgan fingerprint density at radius 3 is 2.88 bits per heavy atom. The summed E-state index contributed by atoms with van der Waals surface area (Å²) >= 11 is 3.17. The van der Waals surface area contributed by atoms with E-state index in [2.05, 4.69) is 26.6 Å². The van der Waals surface area contributed by atoms with Gasteiger partial charge >= 0.3 is 0 Å². The molecule has 1 fully saturated rings. The fourth-order valence-electron chi connectivity index (χ4n) is 1.31. The topological polar surface area (TPSA) is 41.1 Å². The van der Waals surface area contributed by atoms with Crippen LogP contribution in [0.15, 0.2) is 22.7 Å². The van der Waals surface area contributed by atoms with Crippen LogP contribution in [0, 0.1) is 5.82 Å². The molecule has 3 nitrogen and oxygen atoms in total. The lowest BCUT2D eigenvalue weighted by Crippen LogP contribution is -2.31. The second kappa shape index (κ2) is 4.82. The molecule has 2 N–H and O–H groups in total. The van der Waals surface area contributed by atoms with Crippen LogP contribution < -0.4 is 10.6 Å². The summed E-state index contributed by atoms with van der Waals surface area (Å²) in [5.74, 6) is -0.460. The second-order valence-corrected chi connectivity index (χ2v) is 4.74. The van der Waals surface area contributed by atoms with Crippen LogP contribution in [0.2, 0.25) is 0 Å². The van der Waals surface area contributed by atoms with Crippen LogP contribution in [0.1, 0.15) is 12.8 Å². The molecule has 16 heavy (non-hydrogen) atoms. The third-order valence-corrected chi connectivity index (χ3v) is 2.81. The maximum absolute atomic E-state index is 13.4. The van der Waals surface area contributed by atoms with Crippen molar-refractivity contribution in [1.82, 2.24) is 5.32 Å². The molecule has 0 radical (unpaired) electrons. The molecule has 0 saturated heterocycles. The van der Waals surface area contributed by atoms with Crippen molar-refractivity contribution in [1.29, 1.82) is 0 Å². The number of amides is 1. The van der Waals surface area contributed by atoms with Gasteiger partial charge in [-0.05, 0) is 31.0 Å². The Labute approximate surface area is 102 Å². The number of rotatable bonds is 4. The number of halogens is 2. The number of nitrogens with one attached hydrogen (secondary N) is 2. The summed E-state index contributed by atoms with van der Waals surface area (Å²) in [4.78, 5) is 11.3. The maximum Gasteiger partial charge on any atom is 0.239 e. The molecule has 0 unspecified atom stereocenters. The van der Waals surface area contributed by atoms with Crippen LogP contribution in [-0.2, 0) is 4.79 Å². The number of anilines is 1. The Morgan fingerprint density at radius 1 is 1.50 bits per heavy atom. The summed E-state index contributed by atoms with van der Waals surface area (Å²) in [6, 6.07) is 5.03. The predicted molar refractivity (Wildman–Crippen MR) is 63.8 cm³/mol. The first kappa shape index (κ1) is 11.4. The molecule has 1 aromatic carbocycles. The van der Waals surface area contributed by atoms with Crippen LogP contribution in [0.4, 0.5) is 10.1 Å². The average Bonchev–Trinajstić information content (AvgIpc) is 3.00. The van der Waals surface area contributed by atoms with Crippen molar-refractivity contribution < 1.29 is 9.18 Å². The van der Waals surface area contributed by atoms with Gasteiger partial charge in [-0.3, -0.25) is 4.79 Å². The smallest absolute Gasteiger partial charge is 0.239 e. The van der Waals surface area contributed by atoms with E-state index in [9.17, 15) is 9.18 Å². The van der Waals surface area contributed by atoms with E-state index in [0.29, 0.717) is 16.2 Å². The molecule has 5 heteroatoms. The molecule has 0 aromatic heterocycles. The highest BCUT2D eigenvalue weighted by atomic mass is 79.9. The van der Waals surface area contributed by atoms with Crippen molar-refractivity contribution in [2.24, 2.45) is 0 Å². The van der Waals surface area contributed by atoms with Gasteiger partial charge in [-0.1, -0.05) is 15.9 Å². The lowest BCUT2D eigenvalue weighted by atomic mass is 10.3. The lowest BCUT2D eigenvalue weighted by molar-refractivity contribution is -0.119. The van der Waals surface area contributed by atoms with Gasteiger partial charge < -0.3 is 10.6 Å². The largest absolute Gasteiger partial charge is 0.374 e. The van der Waals surface area contributed by atoms with Crippen LogP contribution in [0.25, 0.3) is 0 Å². The Balaban J connectivity index is 1.85. The van der Waals surface area contributed by atoms with Crippen molar-refractivity contribution >= 4 is 27.5 Å². The van der Waals surface area contributed by atoms with Crippen LogP contribution in [-0.4, -0.2) is 18.5 Å². The number of hydrogen-bond donors (Lipinski definition) is 2. The van der Waals surface area contributed by atoms with E-state index in [1.54, 1.807) is 12.1 Å². The summed E-state index contributed by atoms with van der Waals surface area (Å²) < 4.78 is 14.0. The standard InChI is InChI=1S/C11H12BrFN2O/c12-7-1-4-10(9(13)5-7)14-6-11(16)15-8-2-3-8/h1,4-5,8,14H,2-3,6H2,(H,15,16). The second-order valence-electron chi connectivity index (χ2n) is 3.82. The Morgan fingerprint density at radius 2 is 2.25 bits per heavy atom. The molecule has 1 aliphatic rings. The Bertz CT molecular complexity index is 407. The van der Waals surface area contributed by atoms with Gasteiger partial charge in [-0.25, -0.2) is 4.39 Å². The van der Waals surface area contributed by atoms with Crippen molar-refractivity contribution in [3.63, 3.8) is 0 Å². The van der Waals surface area contributed by atoms with E-state index in [1.807, 2.05) is 0 Å². The van der Waals surface area contributed by atoms with Gasteiger partial charge in [0.1, 0.15) is 5.82 Å². The maximum atomic E-state index is 13.4. The van der Waals surface area contributed by atoms with Crippen molar-refractivity contribution in [3.8, 4) is 0 Å². The molecule has 0 atom stereocenters. The molecule has 0 bridgehead atoms. The van der Waals surface area contributed by atoms with Gasteiger partial charge in [0.05, 0.1) is 12.2 Å². The first-order valence-corrected chi connectivity index (χ1v) is 5.93. The molecule has 1 amide bonds.